The van der Waals surface area contributed by atoms with Crippen LogP contribution in [0.4, 0.5) is 5.69 Å². The summed E-state index contributed by atoms with van der Waals surface area (Å²) in [6.07, 6.45) is 3.42. The maximum absolute atomic E-state index is 11.8. The summed E-state index contributed by atoms with van der Waals surface area (Å²) < 4.78 is 0. The Morgan fingerprint density at radius 2 is 1.94 bits per heavy atom. The van der Waals surface area contributed by atoms with E-state index in [9.17, 15) is 9.59 Å². The molecule has 4 heteroatoms. The van der Waals surface area contributed by atoms with Gasteiger partial charge in [0.25, 0.3) is 11.7 Å². The standard InChI is InChI=1S/C14H10N2O2/c1-16-12-5-4-9(10-3-2-6-15-8-10)7-11(12)13(17)14(16)18/h2-8H,1H3. The normalized spacial score (nSPS) is 13.9. The van der Waals surface area contributed by atoms with Crippen molar-refractivity contribution >= 4 is 17.4 Å². The Morgan fingerprint density at radius 1 is 1.11 bits per heavy atom. The highest BCUT2D eigenvalue weighted by Crippen LogP contribution is 2.31. The number of benzene rings is 1. The van der Waals surface area contributed by atoms with Crippen LogP contribution in [0.25, 0.3) is 11.1 Å². The van der Waals surface area contributed by atoms with Gasteiger partial charge in [-0.2, -0.15) is 0 Å². The molecule has 88 valence electrons. The monoisotopic (exact) mass is 238 g/mol. The van der Waals surface area contributed by atoms with Crippen molar-refractivity contribution in [2.24, 2.45) is 0 Å². The number of aromatic nitrogens is 1. The molecule has 4 nitrogen and oxygen atoms in total. The lowest BCUT2D eigenvalue weighted by Crippen LogP contribution is -2.24. The summed E-state index contributed by atoms with van der Waals surface area (Å²) in [7, 11) is 1.61. The lowest BCUT2D eigenvalue weighted by Gasteiger charge is -2.09. The SMILES string of the molecule is CN1C(=O)C(=O)c2cc(-c3cccnc3)ccc21. The third kappa shape index (κ3) is 1.43. The summed E-state index contributed by atoms with van der Waals surface area (Å²) in [5, 5.41) is 0. The summed E-state index contributed by atoms with van der Waals surface area (Å²) in [4.78, 5) is 28.8. The van der Waals surface area contributed by atoms with Gasteiger partial charge in [-0.3, -0.25) is 14.6 Å². The number of rotatable bonds is 1. The van der Waals surface area contributed by atoms with Gasteiger partial charge in [-0.15, -0.1) is 0 Å². The summed E-state index contributed by atoms with van der Waals surface area (Å²) in [6, 6.07) is 9.18. The van der Waals surface area contributed by atoms with Crippen molar-refractivity contribution < 1.29 is 9.59 Å². The molecule has 0 spiro atoms. The maximum atomic E-state index is 11.8. The Hall–Kier alpha value is -2.49. The molecule has 0 atom stereocenters. The predicted molar refractivity (Wildman–Crippen MR) is 67.4 cm³/mol. The highest BCUT2D eigenvalue weighted by Gasteiger charge is 2.33. The fourth-order valence-corrected chi connectivity index (χ4v) is 2.10. The molecule has 3 rings (SSSR count). The van der Waals surface area contributed by atoms with Crippen LogP contribution in [0.2, 0.25) is 0 Å². The number of likely N-dealkylation sites (N-methyl/N-ethyl adjacent to an activating group) is 1. The number of carbonyl (C=O) groups excluding carboxylic acids is 2. The van der Waals surface area contributed by atoms with Crippen LogP contribution < -0.4 is 4.90 Å². The van der Waals surface area contributed by atoms with Crippen LogP contribution in [-0.2, 0) is 4.79 Å². The zero-order chi connectivity index (χ0) is 12.7. The van der Waals surface area contributed by atoms with Gasteiger partial charge in [0, 0.05) is 25.0 Å². The van der Waals surface area contributed by atoms with Gasteiger partial charge < -0.3 is 4.90 Å². The fraction of sp³-hybridized carbons (Fsp3) is 0.0714. The molecule has 2 heterocycles. The first-order valence-electron chi connectivity index (χ1n) is 5.55. The number of fused-ring (bicyclic) bond motifs is 1. The minimum Gasteiger partial charge on any atom is -0.308 e. The van der Waals surface area contributed by atoms with Crippen molar-refractivity contribution in [1.82, 2.24) is 4.98 Å². The summed E-state index contributed by atoms with van der Waals surface area (Å²) >= 11 is 0. The molecule has 0 aliphatic carbocycles. The van der Waals surface area contributed by atoms with E-state index >= 15 is 0 Å². The van der Waals surface area contributed by atoms with Crippen molar-refractivity contribution in [2.75, 3.05) is 11.9 Å². The number of carbonyl (C=O) groups is 2. The van der Waals surface area contributed by atoms with Crippen LogP contribution in [0.15, 0.2) is 42.7 Å². The number of amides is 1. The summed E-state index contributed by atoms with van der Waals surface area (Å²) in [6.45, 7) is 0. The van der Waals surface area contributed by atoms with E-state index in [0.29, 0.717) is 11.3 Å². The first kappa shape index (κ1) is 10.7. The van der Waals surface area contributed by atoms with Gasteiger partial charge in [0.15, 0.2) is 0 Å². The first-order chi connectivity index (χ1) is 8.68. The molecule has 1 aliphatic heterocycles. The van der Waals surface area contributed by atoms with E-state index in [1.807, 2.05) is 18.2 Å². The van der Waals surface area contributed by atoms with Gasteiger partial charge in [0.1, 0.15) is 0 Å². The molecule has 0 unspecified atom stereocenters. The molecule has 1 aromatic carbocycles. The zero-order valence-corrected chi connectivity index (χ0v) is 9.75. The minimum absolute atomic E-state index is 0.446. The van der Waals surface area contributed by atoms with E-state index in [1.165, 1.54) is 4.90 Å². The van der Waals surface area contributed by atoms with E-state index < -0.39 is 11.7 Å². The molecule has 0 saturated heterocycles. The smallest absolute Gasteiger partial charge is 0.299 e. The third-order valence-corrected chi connectivity index (χ3v) is 3.10. The Bertz CT molecular complexity index is 650. The molecule has 0 saturated carbocycles. The number of hydrogen-bond donors (Lipinski definition) is 0. The van der Waals surface area contributed by atoms with Gasteiger partial charge in [-0.25, -0.2) is 0 Å². The molecule has 0 N–H and O–H groups in total. The second-order valence-electron chi connectivity index (χ2n) is 4.17. The molecular formula is C14H10N2O2. The zero-order valence-electron chi connectivity index (χ0n) is 9.75. The molecule has 2 aromatic rings. The Morgan fingerprint density at radius 3 is 2.67 bits per heavy atom. The molecule has 1 aliphatic rings. The third-order valence-electron chi connectivity index (χ3n) is 3.10. The molecular weight excluding hydrogens is 228 g/mol. The van der Waals surface area contributed by atoms with Crippen molar-refractivity contribution in [3.63, 3.8) is 0 Å². The van der Waals surface area contributed by atoms with E-state index in [2.05, 4.69) is 4.98 Å². The van der Waals surface area contributed by atoms with Gasteiger partial charge in [0.05, 0.1) is 11.3 Å². The van der Waals surface area contributed by atoms with E-state index in [-0.39, 0.29) is 0 Å². The Balaban J connectivity index is 2.14. The van der Waals surface area contributed by atoms with Crippen molar-refractivity contribution in [3.8, 4) is 11.1 Å². The highest BCUT2D eigenvalue weighted by molar-refractivity contribution is 6.52. The van der Waals surface area contributed by atoms with Crippen molar-refractivity contribution in [2.45, 2.75) is 0 Å². The number of hydrogen-bond acceptors (Lipinski definition) is 3. The van der Waals surface area contributed by atoms with Gasteiger partial charge in [-0.05, 0) is 23.8 Å². The lowest BCUT2D eigenvalue weighted by atomic mass is 10.0. The number of pyridine rings is 1. The Kier molecular flexibility index (Phi) is 2.23. The number of anilines is 1. The lowest BCUT2D eigenvalue weighted by molar-refractivity contribution is -0.114. The molecule has 1 aromatic heterocycles. The summed E-state index contributed by atoms with van der Waals surface area (Å²) in [5.41, 5.74) is 2.94. The van der Waals surface area contributed by atoms with Gasteiger partial charge in [-0.1, -0.05) is 12.1 Å². The summed E-state index contributed by atoms with van der Waals surface area (Å²) in [5.74, 6) is -0.924. The van der Waals surface area contributed by atoms with Crippen LogP contribution in [0, 0.1) is 0 Å². The van der Waals surface area contributed by atoms with Crippen LogP contribution in [0.5, 0.6) is 0 Å². The van der Waals surface area contributed by atoms with Gasteiger partial charge >= 0.3 is 0 Å². The molecule has 18 heavy (non-hydrogen) atoms. The molecule has 0 radical (unpaired) electrons. The second-order valence-corrected chi connectivity index (χ2v) is 4.17. The largest absolute Gasteiger partial charge is 0.308 e. The number of Topliss-reactive ketones (excluding diaryl/α,β-unsaturated/α-hetero) is 1. The quantitative estimate of drug-likeness (QED) is 0.713. The topological polar surface area (TPSA) is 50.3 Å². The average molecular weight is 238 g/mol. The van der Waals surface area contributed by atoms with Crippen LogP contribution in [-0.4, -0.2) is 23.7 Å². The average Bonchev–Trinajstić information content (AvgIpc) is 2.65. The maximum Gasteiger partial charge on any atom is 0.299 e. The number of nitrogens with zero attached hydrogens (tertiary/aromatic N) is 2. The van der Waals surface area contributed by atoms with Crippen molar-refractivity contribution in [3.05, 3.63) is 48.3 Å². The van der Waals surface area contributed by atoms with Crippen LogP contribution in [0.3, 0.4) is 0 Å². The van der Waals surface area contributed by atoms with Crippen molar-refractivity contribution in [1.29, 1.82) is 0 Å². The second kappa shape index (κ2) is 3.77. The molecule has 0 bridgehead atoms. The predicted octanol–water partition coefficient (Wildman–Crippen LogP) is 1.91. The number of ketones is 1. The first-order valence-corrected chi connectivity index (χ1v) is 5.55. The van der Waals surface area contributed by atoms with Crippen LogP contribution >= 0.6 is 0 Å². The Labute approximate surface area is 104 Å². The van der Waals surface area contributed by atoms with E-state index in [0.717, 1.165) is 11.1 Å². The van der Waals surface area contributed by atoms with E-state index in [1.54, 1.807) is 31.6 Å². The minimum atomic E-state index is -0.478. The highest BCUT2D eigenvalue weighted by atomic mass is 16.2. The van der Waals surface area contributed by atoms with Gasteiger partial charge in [0.2, 0.25) is 0 Å². The van der Waals surface area contributed by atoms with Crippen LogP contribution in [0.1, 0.15) is 10.4 Å². The fourth-order valence-electron chi connectivity index (χ4n) is 2.10. The van der Waals surface area contributed by atoms with E-state index in [4.69, 9.17) is 0 Å². The molecule has 0 fully saturated rings. The molecule has 1 amide bonds.